The molecular weight excluding hydrogens is 623 g/mol. The number of nitrogens with one attached hydrogen (secondary N) is 1. The number of carbonyl (C=O) groups excluding carboxylic acids is 1. The zero-order valence-corrected chi connectivity index (χ0v) is 26.0. The molecule has 0 aromatic heterocycles. The van der Waals surface area contributed by atoms with Crippen LogP contribution in [0.25, 0.3) is 0 Å². The number of aryl methyl sites for hydroxylation is 1. The average Bonchev–Trinajstić information content (AvgIpc) is 3.48. The topological polar surface area (TPSA) is 122 Å². The number of nitrogens with zero attached hydrogens (tertiary/aromatic N) is 2. The van der Waals surface area contributed by atoms with Crippen LogP contribution in [0.2, 0.25) is 0 Å². The summed E-state index contributed by atoms with van der Waals surface area (Å²) in [6.07, 6.45) is -3.33. The predicted octanol–water partition coefficient (Wildman–Crippen LogP) is 5.75. The lowest BCUT2D eigenvalue weighted by Crippen LogP contribution is -2.33. The number of anilines is 1. The van der Waals surface area contributed by atoms with Gasteiger partial charge in [0.15, 0.2) is 0 Å². The summed E-state index contributed by atoms with van der Waals surface area (Å²) >= 11 is 0. The standard InChI is InChI=1S/C29H32F3N3O7S2/c1-19(2)34(4)28(36)25-18-21(33-43(37,38)24-11-8-22(9-12-24)42-29(30,31)32)7-13-26(25)41-23-10-14-27(20(3)17-23)44(39,40)35-15-5-6-16-35/h7-14,17-19,33H,5-6,15-16H2,1-4H3. The minimum atomic E-state index is -4.93. The highest BCUT2D eigenvalue weighted by atomic mass is 32.2. The number of ether oxygens (including phenoxy) is 2. The number of sulfonamides is 2. The van der Waals surface area contributed by atoms with Gasteiger partial charge >= 0.3 is 6.36 Å². The van der Waals surface area contributed by atoms with Crippen molar-refractivity contribution < 1.29 is 44.3 Å². The fourth-order valence-electron chi connectivity index (χ4n) is 4.48. The van der Waals surface area contributed by atoms with Crippen LogP contribution in [0.4, 0.5) is 18.9 Å². The second-order valence-corrected chi connectivity index (χ2v) is 14.1. The zero-order valence-electron chi connectivity index (χ0n) is 24.4. The van der Waals surface area contributed by atoms with Gasteiger partial charge in [0.25, 0.3) is 15.9 Å². The van der Waals surface area contributed by atoms with E-state index in [0.717, 1.165) is 37.1 Å². The van der Waals surface area contributed by atoms with Gasteiger partial charge in [-0.15, -0.1) is 13.2 Å². The molecule has 0 spiro atoms. The molecule has 3 aromatic rings. The van der Waals surface area contributed by atoms with Crippen LogP contribution in [0, 0.1) is 6.92 Å². The van der Waals surface area contributed by atoms with Crippen molar-refractivity contribution in [2.24, 2.45) is 0 Å². The summed E-state index contributed by atoms with van der Waals surface area (Å²) in [5.41, 5.74) is 0.469. The Bertz CT molecular complexity index is 1740. The van der Waals surface area contributed by atoms with E-state index in [0.29, 0.717) is 18.7 Å². The minimum Gasteiger partial charge on any atom is -0.457 e. The Labute approximate surface area is 254 Å². The molecule has 1 aliphatic heterocycles. The number of amides is 1. The van der Waals surface area contributed by atoms with Crippen LogP contribution >= 0.6 is 0 Å². The van der Waals surface area contributed by atoms with Crippen molar-refractivity contribution in [1.82, 2.24) is 9.21 Å². The third-order valence-corrected chi connectivity index (χ3v) is 10.4. The lowest BCUT2D eigenvalue weighted by Gasteiger charge is -2.23. The summed E-state index contributed by atoms with van der Waals surface area (Å²) in [6, 6.07) is 12.0. The first kappa shape index (κ1) is 33.1. The fourth-order valence-corrected chi connectivity index (χ4v) is 7.25. The predicted molar refractivity (Wildman–Crippen MR) is 157 cm³/mol. The van der Waals surface area contributed by atoms with Crippen LogP contribution in [-0.4, -0.2) is 64.5 Å². The first-order valence-corrected chi connectivity index (χ1v) is 16.5. The summed E-state index contributed by atoms with van der Waals surface area (Å²) in [6.45, 7) is 6.15. The van der Waals surface area contributed by atoms with Gasteiger partial charge in [0, 0.05) is 31.9 Å². The van der Waals surface area contributed by atoms with Gasteiger partial charge in [-0.05, 0) is 99.8 Å². The normalized spacial score (nSPS) is 14.5. The third-order valence-electron chi connectivity index (χ3n) is 6.98. The maximum Gasteiger partial charge on any atom is 0.573 e. The highest BCUT2D eigenvalue weighted by molar-refractivity contribution is 7.92. The number of alkyl halides is 3. The second kappa shape index (κ2) is 12.7. The summed E-state index contributed by atoms with van der Waals surface area (Å²) in [5.74, 6) is -0.707. The Morgan fingerprint density at radius 3 is 2.11 bits per heavy atom. The number of rotatable bonds is 10. The monoisotopic (exact) mass is 655 g/mol. The van der Waals surface area contributed by atoms with Gasteiger partial charge in [-0.1, -0.05) is 0 Å². The van der Waals surface area contributed by atoms with Crippen LogP contribution in [-0.2, 0) is 20.0 Å². The molecule has 0 bridgehead atoms. The molecule has 1 aliphatic rings. The van der Waals surface area contributed by atoms with Crippen LogP contribution in [0.15, 0.2) is 70.5 Å². The van der Waals surface area contributed by atoms with Gasteiger partial charge in [0.05, 0.1) is 15.4 Å². The van der Waals surface area contributed by atoms with Gasteiger partial charge in [0.1, 0.15) is 17.2 Å². The smallest absolute Gasteiger partial charge is 0.457 e. The van der Waals surface area contributed by atoms with Crippen molar-refractivity contribution in [1.29, 1.82) is 0 Å². The van der Waals surface area contributed by atoms with E-state index >= 15 is 0 Å². The van der Waals surface area contributed by atoms with Gasteiger partial charge in [-0.2, -0.15) is 4.31 Å². The van der Waals surface area contributed by atoms with E-state index in [4.69, 9.17) is 4.74 Å². The van der Waals surface area contributed by atoms with Crippen LogP contribution < -0.4 is 14.2 Å². The van der Waals surface area contributed by atoms with Crippen molar-refractivity contribution in [2.45, 2.75) is 55.8 Å². The maximum atomic E-state index is 13.4. The molecule has 1 amide bonds. The maximum absolute atomic E-state index is 13.4. The molecule has 0 radical (unpaired) electrons. The van der Waals surface area contributed by atoms with E-state index in [2.05, 4.69) is 9.46 Å². The van der Waals surface area contributed by atoms with Crippen molar-refractivity contribution >= 4 is 31.6 Å². The lowest BCUT2D eigenvalue weighted by atomic mass is 10.1. The largest absolute Gasteiger partial charge is 0.573 e. The minimum absolute atomic E-state index is 0.00305. The summed E-state index contributed by atoms with van der Waals surface area (Å²) in [4.78, 5) is 14.7. The van der Waals surface area contributed by atoms with E-state index in [1.54, 1.807) is 33.9 Å². The highest BCUT2D eigenvalue weighted by Gasteiger charge is 2.31. The Hall–Kier alpha value is -3.82. The summed E-state index contributed by atoms with van der Waals surface area (Å²) in [7, 11) is -6.36. The van der Waals surface area contributed by atoms with E-state index < -0.39 is 38.1 Å². The van der Waals surface area contributed by atoms with Gasteiger partial charge in [0.2, 0.25) is 10.0 Å². The molecule has 1 saturated heterocycles. The van der Waals surface area contributed by atoms with Gasteiger partial charge in [-0.3, -0.25) is 9.52 Å². The molecule has 44 heavy (non-hydrogen) atoms. The zero-order chi connectivity index (χ0) is 32.4. The molecule has 0 unspecified atom stereocenters. The molecule has 3 aromatic carbocycles. The highest BCUT2D eigenvalue weighted by Crippen LogP contribution is 2.33. The molecule has 4 rings (SSSR count). The molecule has 1 heterocycles. The SMILES string of the molecule is Cc1cc(Oc2ccc(NS(=O)(=O)c3ccc(OC(F)(F)F)cc3)cc2C(=O)N(C)C(C)C)ccc1S(=O)(=O)N1CCCC1. The van der Waals surface area contributed by atoms with E-state index in [9.17, 15) is 34.8 Å². The quantitative estimate of drug-likeness (QED) is 0.295. The summed E-state index contributed by atoms with van der Waals surface area (Å²) in [5, 5.41) is 0. The van der Waals surface area contributed by atoms with Crippen molar-refractivity contribution in [3.05, 3.63) is 71.8 Å². The molecule has 238 valence electrons. The number of benzene rings is 3. The Morgan fingerprint density at radius 1 is 0.932 bits per heavy atom. The van der Waals surface area contributed by atoms with Crippen LogP contribution in [0.1, 0.15) is 42.6 Å². The van der Waals surface area contributed by atoms with E-state index in [1.807, 2.05) is 0 Å². The Kier molecular flexibility index (Phi) is 9.51. The molecule has 0 aliphatic carbocycles. The first-order chi connectivity index (χ1) is 20.5. The first-order valence-electron chi connectivity index (χ1n) is 13.6. The summed E-state index contributed by atoms with van der Waals surface area (Å²) < 4.78 is 103. The van der Waals surface area contributed by atoms with Crippen LogP contribution in [0.3, 0.4) is 0 Å². The number of carbonyl (C=O) groups is 1. The number of halogens is 3. The number of hydrogen-bond donors (Lipinski definition) is 1. The Morgan fingerprint density at radius 2 is 1.55 bits per heavy atom. The molecule has 0 saturated carbocycles. The fraction of sp³-hybridized carbons (Fsp3) is 0.345. The van der Waals surface area contributed by atoms with Crippen molar-refractivity contribution in [3.8, 4) is 17.2 Å². The van der Waals surface area contributed by atoms with Gasteiger partial charge < -0.3 is 14.4 Å². The molecular formula is C29H32F3N3O7S2. The average molecular weight is 656 g/mol. The molecule has 1 fully saturated rings. The lowest BCUT2D eigenvalue weighted by molar-refractivity contribution is -0.274. The van der Waals surface area contributed by atoms with E-state index in [-0.39, 0.29) is 38.6 Å². The van der Waals surface area contributed by atoms with Crippen LogP contribution in [0.5, 0.6) is 17.2 Å². The number of hydrogen-bond acceptors (Lipinski definition) is 7. The second-order valence-electron chi connectivity index (χ2n) is 10.5. The molecule has 10 nitrogen and oxygen atoms in total. The van der Waals surface area contributed by atoms with E-state index in [1.165, 1.54) is 39.5 Å². The van der Waals surface area contributed by atoms with Gasteiger partial charge in [-0.25, -0.2) is 16.8 Å². The third kappa shape index (κ3) is 7.63. The Balaban J connectivity index is 1.63. The molecule has 15 heteroatoms. The molecule has 1 N–H and O–H groups in total. The molecule has 0 atom stereocenters. The van der Waals surface area contributed by atoms with Crippen molar-refractivity contribution in [2.75, 3.05) is 24.9 Å². The van der Waals surface area contributed by atoms with Crippen molar-refractivity contribution in [3.63, 3.8) is 0 Å².